The number of carboxylic acids is 1. The number of alkyl halides is 1. The van der Waals surface area contributed by atoms with E-state index in [2.05, 4.69) is 49.3 Å². The van der Waals surface area contributed by atoms with Gasteiger partial charge in [-0.3, -0.25) is 19.4 Å². The van der Waals surface area contributed by atoms with E-state index in [9.17, 15) is 65.4 Å². The molecule has 2 unspecified atom stereocenters. The summed E-state index contributed by atoms with van der Waals surface area (Å²) < 4.78 is 93.8. The largest absolute Gasteiger partial charge is 0.477 e. The van der Waals surface area contributed by atoms with Crippen LogP contribution < -0.4 is 21.9 Å². The summed E-state index contributed by atoms with van der Waals surface area (Å²) in [4.78, 5) is 112. The van der Waals surface area contributed by atoms with Crippen molar-refractivity contribution in [2.24, 2.45) is 10.9 Å². The fraction of sp³-hybridized carbons (Fsp3) is 0.304. The number of pyridine rings is 2. The van der Waals surface area contributed by atoms with Crippen LogP contribution in [-0.4, -0.2) is 105 Å². The molecule has 552 valence electrons. The van der Waals surface area contributed by atoms with Gasteiger partial charge in [0.1, 0.15) is 51.7 Å². The standard InChI is InChI=1S/C14H13ClFNO3.C13H15ClFNO2.C12H11ClFNO3.C12H9ClFNO3.C9H14O4.C6H5ClFN.C2H5I.CO2/c1-3-17-7-9(14(19)20-4-2)13(18)8-5-11(16)10(15)6-12(8)17;1-3-9(13(17)18-4-2)8-16-10-5-6-12(15)11(14)7-10;1-2-18-12(17)7-5-15-10-4-8(13)9(14)3-6(10)11(7)16;1-2-15-5-7(12(17)18)11(16)6-3-9(14)8(13)4-10(6)15;1-4-7(8(10)12-5-2)9(11)13-6-3;7-5-3-4(9)1-2-6(5)8;1-2-3;2-1-3/h5-7H,3-4H2,1-2H3;5-8,16H,3-4H2,1-2H3;3-5,7,11,16H,2H2,1H3;3-5H,2H2,1H3,(H,17,18);4H,5-6H2,1-3H3;1-3H,9H2;2H2,1H3;/b;9-8+;;;;;;. The average molecular weight is 1640 g/mol. The van der Waals surface area contributed by atoms with Gasteiger partial charge in [-0.05, 0) is 139 Å². The van der Waals surface area contributed by atoms with Gasteiger partial charge in [0.15, 0.2) is 0 Å². The zero-order valence-electron chi connectivity index (χ0n) is 56.4. The molecule has 0 aliphatic carbocycles. The van der Waals surface area contributed by atoms with Crippen LogP contribution in [0.5, 0.6) is 0 Å². The number of anilines is 2. The summed E-state index contributed by atoms with van der Waals surface area (Å²) in [5.41, 5.74) is 6.55. The Kier molecular flexibility index (Phi) is 42.5. The first-order valence-corrected chi connectivity index (χ1v) is 33.8. The number of aromatic carboxylic acids is 1. The molecule has 0 saturated carbocycles. The highest BCUT2D eigenvalue weighted by atomic mass is 127. The van der Waals surface area contributed by atoms with Crippen LogP contribution in [0, 0.1) is 35.0 Å². The number of carboxylic acid groups (broad SMARTS) is 1. The van der Waals surface area contributed by atoms with Gasteiger partial charge in [0.25, 0.3) is 0 Å². The third kappa shape index (κ3) is 28.2. The molecule has 0 bridgehead atoms. The van der Waals surface area contributed by atoms with Crippen LogP contribution in [0.25, 0.3) is 21.8 Å². The fourth-order valence-electron chi connectivity index (χ4n) is 8.10. The first-order valence-electron chi connectivity index (χ1n) is 30.4. The number of aliphatic hydroxyl groups excluding tert-OH is 1. The summed E-state index contributed by atoms with van der Waals surface area (Å²) in [6.07, 6.45) is 6.48. The van der Waals surface area contributed by atoms with Gasteiger partial charge < -0.3 is 54.1 Å². The highest BCUT2D eigenvalue weighted by molar-refractivity contribution is 14.1. The number of fused-ring (bicyclic) bond motifs is 3. The van der Waals surface area contributed by atoms with Gasteiger partial charge in [0.2, 0.25) is 10.9 Å². The van der Waals surface area contributed by atoms with Crippen molar-refractivity contribution in [1.82, 2.24) is 9.13 Å². The first kappa shape index (κ1) is 91.3. The summed E-state index contributed by atoms with van der Waals surface area (Å²) in [5, 5.41) is 21.8. The average Bonchev–Trinajstić information content (AvgIpc) is 0.782. The van der Waals surface area contributed by atoms with E-state index in [0.717, 1.165) is 18.2 Å². The number of nitrogens with zero attached hydrogens (tertiary/aromatic N) is 3. The molecule has 22 nitrogen and oxygen atoms in total. The van der Waals surface area contributed by atoms with Gasteiger partial charge in [0, 0.05) is 65.6 Å². The van der Waals surface area contributed by atoms with Crippen molar-refractivity contribution in [1.29, 1.82) is 0 Å². The number of halogens is 11. The molecule has 0 fully saturated rings. The van der Waals surface area contributed by atoms with E-state index < -0.39 is 81.8 Å². The maximum absolute atomic E-state index is 13.5. The van der Waals surface area contributed by atoms with Crippen molar-refractivity contribution in [3.63, 3.8) is 0 Å². The van der Waals surface area contributed by atoms with Crippen LogP contribution in [0.4, 0.5) is 39.0 Å². The second-order valence-corrected chi connectivity index (χ2v) is 23.0. The summed E-state index contributed by atoms with van der Waals surface area (Å²) in [6, 6.07) is 15.4. The molecule has 8 rings (SSSR count). The van der Waals surface area contributed by atoms with E-state index in [4.69, 9.17) is 92.6 Å². The predicted molar refractivity (Wildman–Crippen MR) is 388 cm³/mol. The van der Waals surface area contributed by atoms with E-state index >= 15 is 0 Å². The molecule has 1 aliphatic heterocycles. The van der Waals surface area contributed by atoms with Crippen molar-refractivity contribution in [2.45, 2.75) is 94.9 Å². The maximum Gasteiger partial charge on any atom is 0.373 e. The van der Waals surface area contributed by atoms with Crippen molar-refractivity contribution in [3.8, 4) is 0 Å². The number of rotatable bonds is 16. The van der Waals surface area contributed by atoms with Crippen molar-refractivity contribution >= 4 is 168 Å². The van der Waals surface area contributed by atoms with Crippen molar-refractivity contribution in [3.05, 3.63) is 200 Å². The number of nitrogens with one attached hydrogen (secondary N) is 1. The number of aryl methyl sites for hydroxylation is 2. The number of hydrogen-bond donors (Lipinski definition) is 4. The number of aromatic nitrogens is 2. The number of carbonyl (C=O) groups excluding carboxylic acids is 7. The Hall–Kier alpha value is -8.74. The Bertz CT molecular complexity index is 4310. The molecule has 2 atom stereocenters. The molecule has 7 aromatic rings. The number of esters is 5. The number of aliphatic imine (C=N–C) groups is 1. The number of ether oxygens (including phenoxy) is 5. The lowest BCUT2D eigenvalue weighted by Gasteiger charge is -2.23. The van der Waals surface area contributed by atoms with Crippen LogP contribution in [0.15, 0.2) is 123 Å². The molecule has 0 amide bonds. The maximum atomic E-state index is 13.5. The van der Waals surface area contributed by atoms with Gasteiger partial charge in [-0.1, -0.05) is 101 Å². The molecule has 3 heterocycles. The topological polar surface area (TPSA) is 318 Å². The minimum atomic E-state index is -1.33. The molecule has 0 radical (unpaired) electrons. The first-order chi connectivity index (χ1) is 48.3. The lowest BCUT2D eigenvalue weighted by Crippen LogP contribution is -2.27. The monoisotopic (exact) mass is 1640 g/mol. The summed E-state index contributed by atoms with van der Waals surface area (Å²) >= 11 is 30.3. The zero-order valence-corrected chi connectivity index (χ0v) is 62.4. The number of allylic oxidation sites excluding steroid dienone is 1. The second kappa shape index (κ2) is 47.4. The van der Waals surface area contributed by atoms with Gasteiger partial charge in [-0.25, -0.2) is 45.9 Å². The highest BCUT2D eigenvalue weighted by Crippen LogP contribution is 2.38. The number of nitrogens with two attached hydrogens (primary N) is 1. The van der Waals surface area contributed by atoms with E-state index in [0.29, 0.717) is 59.8 Å². The molecule has 33 heteroatoms. The van der Waals surface area contributed by atoms with Gasteiger partial charge in [0.05, 0.1) is 86.5 Å². The Balaban J connectivity index is 0.000000609. The van der Waals surface area contributed by atoms with Gasteiger partial charge in [-0.2, -0.15) is 9.59 Å². The normalized spacial score (nSPS) is 12.0. The van der Waals surface area contributed by atoms with Crippen molar-refractivity contribution < 1.29 is 94.2 Å². The third-order valence-electron chi connectivity index (χ3n) is 12.8. The molecule has 102 heavy (non-hydrogen) atoms. The molecule has 0 spiro atoms. The number of benzene rings is 5. The van der Waals surface area contributed by atoms with Crippen LogP contribution in [-0.2, 0) is 65.5 Å². The smallest absolute Gasteiger partial charge is 0.373 e. The summed E-state index contributed by atoms with van der Waals surface area (Å²) in [7, 11) is 0. The van der Waals surface area contributed by atoms with Crippen LogP contribution in [0.3, 0.4) is 0 Å². The highest BCUT2D eigenvalue weighted by Gasteiger charge is 2.33. The van der Waals surface area contributed by atoms with Crippen molar-refractivity contribution in [2.75, 3.05) is 48.5 Å². The number of nitrogen functional groups attached to an aromatic ring is 1. The lowest BCUT2D eigenvalue weighted by molar-refractivity contribution is -0.192. The fourth-order valence-corrected chi connectivity index (χ4v) is 8.94. The van der Waals surface area contributed by atoms with E-state index in [1.165, 1.54) is 83.7 Å². The van der Waals surface area contributed by atoms with Gasteiger partial charge >= 0.3 is 42.0 Å². The number of aliphatic hydroxyl groups is 1. The summed E-state index contributed by atoms with van der Waals surface area (Å²) in [6.45, 7) is 19.7. The summed E-state index contributed by atoms with van der Waals surface area (Å²) in [5.74, 6) is -8.20. The lowest BCUT2D eigenvalue weighted by atomic mass is 9.93. The minimum absolute atomic E-state index is 0.0126. The quantitative estimate of drug-likeness (QED) is 0.00804. The second-order valence-electron chi connectivity index (χ2n) is 19.4. The van der Waals surface area contributed by atoms with E-state index in [-0.39, 0.29) is 96.7 Å². The van der Waals surface area contributed by atoms with E-state index in [1.54, 1.807) is 63.8 Å². The SMILES string of the molecule is CC=C(C(=O)OCC)C(=O)OCC.CCI.CCOC(=O)/C(=C/Nc1ccc(F)c(Cl)c1)CC.CCOC(=O)C1C=Nc2cc(Cl)c(F)cc2C1O.CCOC(=O)c1cn(CC)c2cc(Cl)c(F)cc2c1=O.CCn1cc(C(=O)O)c(=O)c2cc(F)c(Cl)cc21.Nc1ccc(F)c(Cl)c1.O=C=O. The Labute approximate surface area is 621 Å². The molecule has 1 aliphatic rings. The van der Waals surface area contributed by atoms with E-state index in [1.807, 2.05) is 13.8 Å². The number of hydrogen-bond acceptors (Lipinski definition) is 19. The third-order valence-corrected chi connectivity index (χ3v) is 14.2. The molecule has 5 aromatic carbocycles. The Morgan fingerprint density at radius 1 is 0.608 bits per heavy atom. The van der Waals surface area contributed by atoms with Crippen LogP contribution >= 0.6 is 80.6 Å². The van der Waals surface area contributed by atoms with Gasteiger partial charge in [-0.15, -0.1) is 0 Å². The zero-order chi connectivity index (χ0) is 77.7. The molecule has 2 aromatic heterocycles. The van der Waals surface area contributed by atoms with Crippen LogP contribution in [0.2, 0.25) is 25.1 Å². The predicted octanol–water partition coefficient (Wildman–Crippen LogP) is 15.6. The molecular weight excluding hydrogens is 1570 g/mol. The Morgan fingerprint density at radius 2 is 1.03 bits per heavy atom. The Morgan fingerprint density at radius 3 is 1.45 bits per heavy atom. The minimum Gasteiger partial charge on any atom is -0.477 e. The molecule has 0 saturated heterocycles. The molecule has 5 N–H and O–H groups in total. The molecular formula is C69H72Cl5F5IN5O17. The number of carbonyl (C=O) groups is 6. The van der Waals surface area contributed by atoms with Crippen LogP contribution in [0.1, 0.15) is 108 Å².